The topological polar surface area (TPSA) is 72.6 Å². The van der Waals surface area contributed by atoms with Gasteiger partial charge < -0.3 is 15.6 Å². The summed E-state index contributed by atoms with van der Waals surface area (Å²) >= 11 is 0. The van der Waals surface area contributed by atoms with Crippen LogP contribution in [0.1, 0.15) is 29.6 Å². The van der Waals surface area contributed by atoms with Gasteiger partial charge in [-0.25, -0.2) is 4.79 Å². The minimum Gasteiger partial charge on any atom is -0.492 e. The van der Waals surface area contributed by atoms with Crippen molar-refractivity contribution in [1.29, 1.82) is 0 Å². The summed E-state index contributed by atoms with van der Waals surface area (Å²) in [5.41, 5.74) is 6.30. The monoisotopic (exact) mass is 221 g/mol. The van der Waals surface area contributed by atoms with E-state index >= 15 is 0 Å². The molecule has 0 heterocycles. The summed E-state index contributed by atoms with van der Waals surface area (Å²) < 4.78 is 5.52. The number of ether oxygens (including phenoxy) is 1. The number of aromatic carboxylic acids is 1. The molecule has 1 aromatic rings. The van der Waals surface area contributed by atoms with Crippen molar-refractivity contribution in [1.82, 2.24) is 0 Å². The zero-order valence-electron chi connectivity index (χ0n) is 8.98. The Kier molecular flexibility index (Phi) is 2.99. The molecule has 0 aliphatic heterocycles. The summed E-state index contributed by atoms with van der Waals surface area (Å²) in [6, 6.07) is 4.62. The minimum atomic E-state index is -0.983. The number of carbonyl (C=O) groups is 1. The van der Waals surface area contributed by atoms with Gasteiger partial charge in [0.25, 0.3) is 0 Å². The number of carboxylic acids is 1. The Bertz CT molecular complexity index is 399. The van der Waals surface area contributed by atoms with Crippen LogP contribution in [0.2, 0.25) is 0 Å². The van der Waals surface area contributed by atoms with Crippen LogP contribution in [0.5, 0.6) is 5.75 Å². The zero-order chi connectivity index (χ0) is 11.5. The molecule has 0 atom stereocenters. The van der Waals surface area contributed by atoms with E-state index < -0.39 is 5.97 Å². The largest absolute Gasteiger partial charge is 0.492 e. The molecule has 0 radical (unpaired) electrons. The first-order valence-corrected chi connectivity index (χ1v) is 5.42. The normalized spacial score (nSPS) is 15.5. The average Bonchev–Trinajstić information content (AvgIpc) is 2.14. The van der Waals surface area contributed by atoms with Crippen molar-refractivity contribution in [3.63, 3.8) is 0 Å². The second kappa shape index (κ2) is 4.43. The Morgan fingerprint density at radius 2 is 2.25 bits per heavy atom. The minimum absolute atomic E-state index is 0.175. The van der Waals surface area contributed by atoms with Gasteiger partial charge in [-0.15, -0.1) is 0 Å². The van der Waals surface area contributed by atoms with E-state index in [4.69, 9.17) is 15.6 Å². The Morgan fingerprint density at radius 3 is 2.81 bits per heavy atom. The van der Waals surface area contributed by atoms with E-state index in [0.29, 0.717) is 24.0 Å². The maximum absolute atomic E-state index is 10.9. The lowest BCUT2D eigenvalue weighted by atomic mass is 9.86. The summed E-state index contributed by atoms with van der Waals surface area (Å²) in [7, 11) is 0. The number of nitrogens with two attached hydrogens (primary N) is 1. The molecule has 0 spiro atoms. The van der Waals surface area contributed by atoms with Crippen LogP contribution in [0.15, 0.2) is 18.2 Å². The van der Waals surface area contributed by atoms with Gasteiger partial charge in [0.05, 0.1) is 6.61 Å². The quantitative estimate of drug-likeness (QED) is 0.764. The Hall–Kier alpha value is -1.71. The molecule has 2 rings (SSSR count). The summed E-state index contributed by atoms with van der Waals surface area (Å²) in [6.07, 6.45) is 3.59. The van der Waals surface area contributed by atoms with Crippen molar-refractivity contribution in [2.45, 2.75) is 19.3 Å². The molecule has 16 heavy (non-hydrogen) atoms. The second-order valence-electron chi connectivity index (χ2n) is 4.17. The van der Waals surface area contributed by atoms with E-state index in [1.54, 1.807) is 12.1 Å². The van der Waals surface area contributed by atoms with Crippen molar-refractivity contribution in [2.24, 2.45) is 5.92 Å². The predicted molar refractivity (Wildman–Crippen MR) is 60.6 cm³/mol. The molecule has 4 nitrogen and oxygen atoms in total. The van der Waals surface area contributed by atoms with Crippen molar-refractivity contribution in [3.8, 4) is 5.75 Å². The molecular weight excluding hydrogens is 206 g/mol. The van der Waals surface area contributed by atoms with Crippen molar-refractivity contribution >= 4 is 11.7 Å². The van der Waals surface area contributed by atoms with Gasteiger partial charge in [0.2, 0.25) is 0 Å². The van der Waals surface area contributed by atoms with E-state index in [1.807, 2.05) is 0 Å². The molecule has 0 unspecified atom stereocenters. The summed E-state index contributed by atoms with van der Waals surface area (Å²) in [6.45, 7) is 0.587. The lowest BCUT2D eigenvalue weighted by molar-refractivity contribution is 0.0690. The van der Waals surface area contributed by atoms with Gasteiger partial charge in [0, 0.05) is 11.8 Å². The zero-order valence-corrected chi connectivity index (χ0v) is 8.98. The molecule has 1 aromatic carbocycles. The van der Waals surface area contributed by atoms with E-state index in [1.165, 1.54) is 25.3 Å². The molecule has 0 bridgehead atoms. The van der Waals surface area contributed by atoms with E-state index in [-0.39, 0.29) is 5.56 Å². The third kappa shape index (κ3) is 2.27. The van der Waals surface area contributed by atoms with Crippen LogP contribution < -0.4 is 10.5 Å². The molecule has 86 valence electrons. The van der Waals surface area contributed by atoms with Crippen molar-refractivity contribution in [3.05, 3.63) is 23.8 Å². The van der Waals surface area contributed by atoms with Gasteiger partial charge in [-0.3, -0.25) is 0 Å². The smallest absolute Gasteiger partial charge is 0.339 e. The first kappa shape index (κ1) is 10.8. The first-order chi connectivity index (χ1) is 7.66. The maximum Gasteiger partial charge on any atom is 0.339 e. The number of benzene rings is 1. The molecular formula is C12H15NO3. The molecule has 0 amide bonds. The van der Waals surface area contributed by atoms with Crippen LogP contribution in [-0.4, -0.2) is 17.7 Å². The summed E-state index contributed by atoms with van der Waals surface area (Å²) in [5, 5.41) is 8.97. The van der Waals surface area contributed by atoms with Gasteiger partial charge in [-0.2, -0.15) is 0 Å². The average molecular weight is 221 g/mol. The third-order valence-corrected chi connectivity index (χ3v) is 2.94. The van der Waals surface area contributed by atoms with Crippen LogP contribution >= 0.6 is 0 Å². The highest BCUT2D eigenvalue weighted by atomic mass is 16.5. The van der Waals surface area contributed by atoms with E-state index in [0.717, 1.165) is 0 Å². The van der Waals surface area contributed by atoms with Crippen LogP contribution in [0.4, 0.5) is 5.69 Å². The van der Waals surface area contributed by atoms with Crippen LogP contribution in [0.25, 0.3) is 0 Å². The standard InChI is InChI=1S/C12H15NO3/c13-9-4-5-10(12(14)15)11(6-9)16-7-8-2-1-3-8/h4-6,8H,1-3,7,13H2,(H,14,15). The van der Waals surface area contributed by atoms with Crippen molar-refractivity contribution < 1.29 is 14.6 Å². The molecule has 0 aromatic heterocycles. The lowest BCUT2D eigenvalue weighted by Crippen LogP contribution is -2.20. The maximum atomic E-state index is 10.9. The fourth-order valence-electron chi connectivity index (χ4n) is 1.70. The Balaban J connectivity index is 2.09. The molecule has 4 heteroatoms. The lowest BCUT2D eigenvalue weighted by Gasteiger charge is -2.25. The molecule has 0 saturated heterocycles. The fraction of sp³-hybridized carbons (Fsp3) is 0.417. The number of hydrogen-bond donors (Lipinski definition) is 2. The molecule has 1 fully saturated rings. The first-order valence-electron chi connectivity index (χ1n) is 5.42. The number of rotatable bonds is 4. The van der Waals surface area contributed by atoms with Gasteiger partial charge in [-0.1, -0.05) is 6.42 Å². The van der Waals surface area contributed by atoms with Crippen LogP contribution in [0.3, 0.4) is 0 Å². The van der Waals surface area contributed by atoms with E-state index in [2.05, 4.69) is 0 Å². The number of anilines is 1. The number of nitrogen functional groups attached to an aromatic ring is 1. The molecule has 1 saturated carbocycles. The number of hydrogen-bond acceptors (Lipinski definition) is 3. The van der Waals surface area contributed by atoms with Crippen LogP contribution in [-0.2, 0) is 0 Å². The highest BCUT2D eigenvalue weighted by molar-refractivity contribution is 5.91. The number of carboxylic acid groups (broad SMARTS) is 1. The molecule has 1 aliphatic carbocycles. The highest BCUT2D eigenvalue weighted by Crippen LogP contribution is 2.28. The third-order valence-electron chi connectivity index (χ3n) is 2.94. The van der Waals surface area contributed by atoms with Gasteiger partial charge in [0.15, 0.2) is 0 Å². The summed E-state index contributed by atoms with van der Waals surface area (Å²) in [4.78, 5) is 10.9. The van der Waals surface area contributed by atoms with Gasteiger partial charge in [0.1, 0.15) is 11.3 Å². The van der Waals surface area contributed by atoms with Crippen molar-refractivity contribution in [2.75, 3.05) is 12.3 Å². The Morgan fingerprint density at radius 1 is 1.50 bits per heavy atom. The predicted octanol–water partition coefficient (Wildman–Crippen LogP) is 2.15. The second-order valence-corrected chi connectivity index (χ2v) is 4.17. The van der Waals surface area contributed by atoms with Crippen LogP contribution in [0, 0.1) is 5.92 Å². The van der Waals surface area contributed by atoms with Gasteiger partial charge in [-0.05, 0) is 30.9 Å². The highest BCUT2D eigenvalue weighted by Gasteiger charge is 2.19. The molecule has 1 aliphatic rings. The van der Waals surface area contributed by atoms with E-state index in [9.17, 15) is 4.79 Å². The fourth-order valence-corrected chi connectivity index (χ4v) is 1.70. The SMILES string of the molecule is Nc1ccc(C(=O)O)c(OCC2CCC2)c1. The van der Waals surface area contributed by atoms with Gasteiger partial charge >= 0.3 is 5.97 Å². The summed E-state index contributed by atoms with van der Waals surface area (Å²) in [5.74, 6) is -0.0360. The Labute approximate surface area is 94.0 Å². The molecule has 3 N–H and O–H groups in total.